The molecule has 2 aliphatic heterocycles. The van der Waals surface area contributed by atoms with Crippen LogP contribution in [0.4, 0.5) is 0 Å². The summed E-state index contributed by atoms with van der Waals surface area (Å²) >= 11 is 1.45. The predicted molar refractivity (Wildman–Crippen MR) is 147 cm³/mol. The smallest absolute Gasteiger partial charge is 0.280 e. The van der Waals surface area contributed by atoms with Gasteiger partial charge in [0.25, 0.3) is 5.91 Å². The van der Waals surface area contributed by atoms with Crippen LogP contribution in [0, 0.1) is 5.92 Å². The van der Waals surface area contributed by atoms with Crippen molar-refractivity contribution < 1.29 is 22.8 Å². The fraction of sp³-hybridized carbons (Fsp3) is 0.630. The van der Waals surface area contributed by atoms with E-state index >= 15 is 0 Å². The Morgan fingerprint density at radius 3 is 2.55 bits per heavy atom. The van der Waals surface area contributed by atoms with Crippen LogP contribution in [-0.2, 0) is 32.5 Å². The Morgan fingerprint density at radius 2 is 1.97 bits per heavy atom. The minimum absolute atomic E-state index is 0.0608. The van der Waals surface area contributed by atoms with Crippen LogP contribution in [0.1, 0.15) is 79.9 Å². The van der Waals surface area contributed by atoms with E-state index < -0.39 is 9.84 Å². The highest BCUT2D eigenvalue weighted by atomic mass is 32.2. The van der Waals surface area contributed by atoms with Gasteiger partial charge in [-0.15, -0.1) is 11.3 Å². The van der Waals surface area contributed by atoms with Crippen LogP contribution in [-0.4, -0.2) is 66.6 Å². The molecule has 2 atom stereocenters. The molecule has 2 aromatic rings. The van der Waals surface area contributed by atoms with Gasteiger partial charge in [-0.1, -0.05) is 32.9 Å². The third-order valence-corrected chi connectivity index (χ3v) is 9.49. The molecule has 1 aromatic carbocycles. The molecule has 0 saturated carbocycles. The highest BCUT2D eigenvalue weighted by Gasteiger charge is 2.38. The third kappa shape index (κ3) is 7.00. The predicted octanol–water partition coefficient (Wildman–Crippen LogP) is 4.16. The van der Waals surface area contributed by atoms with E-state index in [2.05, 4.69) is 24.1 Å². The Bertz CT molecular complexity index is 1210. The first-order chi connectivity index (χ1) is 17.9. The highest BCUT2D eigenvalue weighted by Crippen LogP contribution is 2.41. The molecule has 3 heterocycles. The zero-order valence-corrected chi connectivity index (χ0v) is 24.8. The second-order valence-corrected chi connectivity index (χ2v) is 14.7. The number of thiazole rings is 1. The second-order valence-electron chi connectivity index (χ2n) is 11.3. The first kappa shape index (κ1) is 29.1. The Balaban J connectivity index is 1.33. The van der Waals surface area contributed by atoms with Crippen molar-refractivity contribution in [1.82, 2.24) is 20.3 Å². The number of carbonyl (C=O) groups is 1. The summed E-state index contributed by atoms with van der Waals surface area (Å²) in [6.45, 7) is 15.3. The Labute approximate surface area is 230 Å². The Morgan fingerprint density at radius 1 is 1.26 bits per heavy atom. The van der Waals surface area contributed by atoms with E-state index in [0.717, 1.165) is 42.2 Å². The second kappa shape index (κ2) is 11.7. The van der Waals surface area contributed by atoms with Gasteiger partial charge in [0.15, 0.2) is 14.8 Å². The van der Waals surface area contributed by atoms with Crippen molar-refractivity contribution in [2.45, 2.75) is 83.7 Å². The molecule has 11 heteroatoms. The number of hydrogen-bond acceptors (Lipinski definition) is 9. The molecule has 2 aliphatic rings. The number of sulfone groups is 1. The molecular formula is C27H40N4O5S2. The van der Waals surface area contributed by atoms with Crippen molar-refractivity contribution in [1.29, 1.82) is 0 Å². The summed E-state index contributed by atoms with van der Waals surface area (Å²) in [5.74, 6) is 0.195. The van der Waals surface area contributed by atoms with Crippen LogP contribution >= 0.6 is 11.3 Å². The number of aromatic nitrogens is 1. The van der Waals surface area contributed by atoms with Gasteiger partial charge in [-0.05, 0) is 50.8 Å². The van der Waals surface area contributed by atoms with Gasteiger partial charge in [0.05, 0.1) is 34.1 Å². The molecular weight excluding hydrogens is 524 g/mol. The van der Waals surface area contributed by atoms with Crippen molar-refractivity contribution >= 4 is 27.1 Å². The molecule has 1 saturated heterocycles. The van der Waals surface area contributed by atoms with Crippen LogP contribution in [0.25, 0.3) is 0 Å². The number of nitrogens with one attached hydrogen (secondary N) is 1. The van der Waals surface area contributed by atoms with E-state index in [1.54, 1.807) is 31.2 Å². The van der Waals surface area contributed by atoms with Crippen molar-refractivity contribution in [3.8, 4) is 0 Å². The molecule has 4 rings (SSSR count). The Hall–Kier alpha value is -1.89. The van der Waals surface area contributed by atoms with Crippen LogP contribution in [0.5, 0.6) is 0 Å². The van der Waals surface area contributed by atoms with Gasteiger partial charge >= 0.3 is 0 Å². The van der Waals surface area contributed by atoms with Gasteiger partial charge in [0.2, 0.25) is 0 Å². The minimum Gasteiger partial charge on any atom is -0.359 e. The lowest BCUT2D eigenvalue weighted by atomic mass is 10.0. The molecule has 9 nitrogen and oxygen atoms in total. The van der Waals surface area contributed by atoms with Crippen LogP contribution < -0.4 is 5.32 Å². The molecule has 0 aliphatic carbocycles. The molecule has 1 aromatic heterocycles. The van der Waals surface area contributed by atoms with Crippen LogP contribution in [0.3, 0.4) is 0 Å². The summed E-state index contributed by atoms with van der Waals surface area (Å²) in [4.78, 5) is 27.5. The summed E-state index contributed by atoms with van der Waals surface area (Å²) in [6.07, 6.45) is 1.03. The molecule has 1 amide bonds. The number of hydroxylamine groups is 2. The molecule has 0 radical (unpaired) electrons. The summed E-state index contributed by atoms with van der Waals surface area (Å²) in [6, 6.07) is 6.79. The monoisotopic (exact) mass is 564 g/mol. The first-order valence-corrected chi connectivity index (χ1v) is 15.7. The Kier molecular flexibility index (Phi) is 8.95. The lowest BCUT2D eigenvalue weighted by molar-refractivity contribution is -0.289. The van der Waals surface area contributed by atoms with E-state index in [0.29, 0.717) is 29.1 Å². The van der Waals surface area contributed by atoms with Gasteiger partial charge in [-0.2, -0.15) is 5.06 Å². The van der Waals surface area contributed by atoms with Crippen molar-refractivity contribution in [3.63, 3.8) is 0 Å². The average Bonchev–Trinajstić information content (AvgIpc) is 3.40. The molecule has 210 valence electrons. The number of rotatable bonds is 9. The number of hydrogen-bond donors (Lipinski definition) is 1. The SMILES string of the molecule is CCS(=O)(=O)c1ccc(CNC(=O)c2nc3c(s2)CN(CC2CCN(OC(C)(C)C)CO2)[C@H]3C(C)C)cc1. The number of amides is 1. The highest BCUT2D eigenvalue weighted by molar-refractivity contribution is 7.91. The quantitative estimate of drug-likeness (QED) is 0.485. The normalized spacial score (nSPS) is 21.1. The maximum Gasteiger partial charge on any atom is 0.280 e. The standard InChI is InChI=1S/C27H40N4O5S2/c1-7-38(33,34)21-10-8-19(9-11-21)14-28-25(32)26-29-23-22(37-26)16-30(24(23)18(2)3)15-20-12-13-31(17-35-20)36-27(4,5)6/h8-11,18,20,24H,7,12-17H2,1-6H3,(H,28,32)/t20?,24-/m0/s1. The zero-order chi connectivity index (χ0) is 27.7. The summed E-state index contributed by atoms with van der Waals surface area (Å²) in [5, 5.41) is 5.29. The number of ether oxygens (including phenoxy) is 1. The maximum atomic E-state index is 12.9. The van der Waals surface area contributed by atoms with Gasteiger partial charge < -0.3 is 10.1 Å². The molecule has 0 spiro atoms. The van der Waals surface area contributed by atoms with Crippen molar-refractivity contribution in [3.05, 3.63) is 45.4 Å². The van der Waals surface area contributed by atoms with Crippen molar-refractivity contribution in [2.75, 3.05) is 25.6 Å². The van der Waals surface area contributed by atoms with Gasteiger partial charge in [0.1, 0.15) is 6.73 Å². The first-order valence-electron chi connectivity index (χ1n) is 13.3. The molecule has 1 N–H and O–H groups in total. The third-order valence-electron chi connectivity index (χ3n) is 6.68. The molecule has 38 heavy (non-hydrogen) atoms. The maximum absolute atomic E-state index is 12.9. The lowest BCUT2D eigenvalue weighted by Crippen LogP contribution is -2.45. The van der Waals surface area contributed by atoms with Crippen molar-refractivity contribution in [2.24, 2.45) is 5.92 Å². The number of benzene rings is 1. The largest absolute Gasteiger partial charge is 0.359 e. The number of carbonyl (C=O) groups excluding carboxylic acids is 1. The average molecular weight is 565 g/mol. The summed E-state index contributed by atoms with van der Waals surface area (Å²) in [7, 11) is -3.24. The van der Waals surface area contributed by atoms with E-state index in [4.69, 9.17) is 14.6 Å². The molecule has 0 bridgehead atoms. The fourth-order valence-electron chi connectivity index (χ4n) is 4.90. The summed E-state index contributed by atoms with van der Waals surface area (Å²) in [5.41, 5.74) is 1.60. The van der Waals surface area contributed by atoms with E-state index in [1.165, 1.54) is 11.3 Å². The number of nitrogens with zero attached hydrogens (tertiary/aromatic N) is 3. The van der Waals surface area contributed by atoms with Crippen LogP contribution in [0.2, 0.25) is 0 Å². The van der Waals surface area contributed by atoms with Gasteiger partial charge in [0, 0.05) is 31.1 Å². The van der Waals surface area contributed by atoms with Crippen LogP contribution in [0.15, 0.2) is 29.2 Å². The van der Waals surface area contributed by atoms with E-state index in [9.17, 15) is 13.2 Å². The van der Waals surface area contributed by atoms with Gasteiger partial charge in [-0.25, -0.2) is 13.4 Å². The number of fused-ring (bicyclic) bond motifs is 1. The lowest BCUT2D eigenvalue weighted by Gasteiger charge is -2.38. The topological polar surface area (TPSA) is 101 Å². The molecule has 1 fully saturated rings. The van der Waals surface area contributed by atoms with E-state index in [-0.39, 0.29) is 29.4 Å². The summed E-state index contributed by atoms with van der Waals surface area (Å²) < 4.78 is 30.1. The fourth-order valence-corrected chi connectivity index (χ4v) is 6.83. The zero-order valence-electron chi connectivity index (χ0n) is 23.2. The van der Waals surface area contributed by atoms with E-state index in [1.807, 2.05) is 25.8 Å². The minimum atomic E-state index is -3.24. The molecule has 1 unspecified atom stereocenters. The van der Waals surface area contributed by atoms with Gasteiger partial charge in [-0.3, -0.25) is 14.5 Å².